The number of ether oxygens (including phenoxy) is 1. The van der Waals surface area contributed by atoms with Gasteiger partial charge in [0.05, 0.1) is 12.1 Å². The van der Waals surface area contributed by atoms with Crippen LogP contribution in [0.15, 0.2) is 53.3 Å². The van der Waals surface area contributed by atoms with Crippen LogP contribution < -0.4 is 20.5 Å². The van der Waals surface area contributed by atoms with Gasteiger partial charge in [-0.25, -0.2) is 0 Å². The molecule has 1 fully saturated rings. The zero-order valence-electron chi connectivity index (χ0n) is 16.3. The Balaban J connectivity index is 1.45. The molecule has 2 N–H and O–H groups in total. The zero-order valence-corrected chi connectivity index (χ0v) is 16.3. The highest BCUT2D eigenvalue weighted by Gasteiger charge is 2.10. The van der Waals surface area contributed by atoms with Gasteiger partial charge < -0.3 is 19.9 Å². The van der Waals surface area contributed by atoms with E-state index in [0.29, 0.717) is 13.2 Å². The predicted molar refractivity (Wildman–Crippen MR) is 116 cm³/mol. The number of fused-ring (bicyclic) bond motifs is 1. The number of anilines is 2. The lowest BCUT2D eigenvalue weighted by Gasteiger charge is -2.28. The minimum absolute atomic E-state index is 0.0708. The maximum atomic E-state index is 12.4. The van der Waals surface area contributed by atoms with Gasteiger partial charge in [0.15, 0.2) is 0 Å². The molecule has 1 saturated heterocycles. The molecule has 0 spiro atoms. The number of hydrogen-bond donors (Lipinski definition) is 2. The van der Waals surface area contributed by atoms with Crippen LogP contribution in [0.4, 0.5) is 11.4 Å². The summed E-state index contributed by atoms with van der Waals surface area (Å²) in [6.07, 6.45) is 3.89. The molecule has 5 nitrogen and oxygen atoms in total. The normalized spacial score (nSPS) is 14.2. The summed E-state index contributed by atoms with van der Waals surface area (Å²) in [6.45, 7) is 5.32. The molecular formula is C23H27N3O2. The van der Waals surface area contributed by atoms with E-state index in [9.17, 15) is 4.79 Å². The fourth-order valence-electron chi connectivity index (χ4n) is 3.75. The Labute approximate surface area is 165 Å². The lowest BCUT2D eigenvalue weighted by molar-refractivity contribution is 0.340. The van der Waals surface area contributed by atoms with Crippen LogP contribution in [0.5, 0.6) is 5.75 Å². The van der Waals surface area contributed by atoms with Crippen LogP contribution in [0.25, 0.3) is 10.9 Å². The van der Waals surface area contributed by atoms with E-state index in [0.717, 1.165) is 41.0 Å². The van der Waals surface area contributed by atoms with Crippen molar-refractivity contribution in [1.29, 1.82) is 0 Å². The molecule has 0 unspecified atom stereocenters. The van der Waals surface area contributed by atoms with Crippen molar-refractivity contribution in [1.82, 2.24) is 4.98 Å². The van der Waals surface area contributed by atoms with Crippen molar-refractivity contribution in [2.75, 3.05) is 29.9 Å². The van der Waals surface area contributed by atoms with E-state index in [-0.39, 0.29) is 5.56 Å². The van der Waals surface area contributed by atoms with Crippen molar-refractivity contribution in [2.24, 2.45) is 0 Å². The van der Waals surface area contributed by atoms with E-state index in [2.05, 4.69) is 39.5 Å². The Bertz CT molecular complexity index is 989. The molecule has 28 heavy (non-hydrogen) atoms. The average molecular weight is 377 g/mol. The van der Waals surface area contributed by atoms with Crippen LogP contribution in [0.3, 0.4) is 0 Å². The molecule has 2 heterocycles. The van der Waals surface area contributed by atoms with Gasteiger partial charge in [-0.1, -0.05) is 0 Å². The second-order valence-corrected chi connectivity index (χ2v) is 7.25. The van der Waals surface area contributed by atoms with E-state index >= 15 is 0 Å². The first-order chi connectivity index (χ1) is 13.7. The fraction of sp³-hybridized carbons (Fsp3) is 0.348. The highest BCUT2D eigenvalue weighted by Crippen LogP contribution is 2.22. The quantitative estimate of drug-likeness (QED) is 0.663. The molecule has 0 amide bonds. The van der Waals surface area contributed by atoms with Crippen LogP contribution in [0.2, 0.25) is 0 Å². The molecule has 5 heteroatoms. The summed E-state index contributed by atoms with van der Waals surface area (Å²) < 4.78 is 5.50. The van der Waals surface area contributed by atoms with E-state index in [1.54, 1.807) is 0 Å². The highest BCUT2D eigenvalue weighted by atomic mass is 16.5. The number of aromatic nitrogens is 1. The Morgan fingerprint density at radius 3 is 2.57 bits per heavy atom. The molecule has 146 valence electrons. The second-order valence-electron chi connectivity index (χ2n) is 7.25. The summed E-state index contributed by atoms with van der Waals surface area (Å²) in [4.78, 5) is 17.8. The van der Waals surface area contributed by atoms with Gasteiger partial charge in [0.25, 0.3) is 5.56 Å². The predicted octanol–water partition coefficient (Wildman–Crippen LogP) is 4.53. The molecule has 1 aromatic heterocycles. The van der Waals surface area contributed by atoms with Crippen molar-refractivity contribution >= 4 is 22.3 Å². The molecule has 4 rings (SSSR count). The Hall–Kier alpha value is -2.95. The minimum atomic E-state index is -0.0708. The molecule has 0 radical (unpaired) electrons. The van der Waals surface area contributed by atoms with Crippen molar-refractivity contribution in [3.63, 3.8) is 0 Å². The summed E-state index contributed by atoms with van der Waals surface area (Å²) in [5.41, 5.74) is 3.74. The summed E-state index contributed by atoms with van der Waals surface area (Å²) in [5.74, 6) is 0.769. The van der Waals surface area contributed by atoms with Crippen LogP contribution in [0, 0.1) is 0 Å². The number of aromatic amines is 1. The first kappa shape index (κ1) is 18.4. The molecule has 0 aliphatic carbocycles. The Morgan fingerprint density at radius 1 is 1.04 bits per heavy atom. The topological polar surface area (TPSA) is 57.4 Å². The number of rotatable bonds is 6. The smallest absolute Gasteiger partial charge is 0.253 e. The van der Waals surface area contributed by atoms with Gasteiger partial charge in [-0.2, -0.15) is 0 Å². The molecule has 1 aliphatic rings. The van der Waals surface area contributed by atoms with E-state index in [1.807, 2.05) is 31.2 Å². The van der Waals surface area contributed by atoms with E-state index in [1.165, 1.54) is 24.9 Å². The van der Waals surface area contributed by atoms with Gasteiger partial charge in [-0.3, -0.25) is 4.79 Å². The number of hydrogen-bond acceptors (Lipinski definition) is 4. The summed E-state index contributed by atoms with van der Waals surface area (Å²) in [6, 6.07) is 16.2. The monoisotopic (exact) mass is 377 g/mol. The minimum Gasteiger partial charge on any atom is -0.494 e. The molecule has 0 saturated carbocycles. The first-order valence-corrected chi connectivity index (χ1v) is 10.1. The summed E-state index contributed by atoms with van der Waals surface area (Å²) in [7, 11) is 0. The Morgan fingerprint density at radius 2 is 1.82 bits per heavy atom. The molecule has 1 aliphatic heterocycles. The van der Waals surface area contributed by atoms with E-state index in [4.69, 9.17) is 4.74 Å². The largest absolute Gasteiger partial charge is 0.494 e. The highest BCUT2D eigenvalue weighted by molar-refractivity contribution is 5.80. The van der Waals surface area contributed by atoms with Crippen LogP contribution >= 0.6 is 0 Å². The van der Waals surface area contributed by atoms with Gasteiger partial charge in [0.1, 0.15) is 5.75 Å². The van der Waals surface area contributed by atoms with Gasteiger partial charge in [-0.05, 0) is 74.0 Å². The van der Waals surface area contributed by atoms with Gasteiger partial charge in [0.2, 0.25) is 0 Å². The summed E-state index contributed by atoms with van der Waals surface area (Å²) in [5, 5.41) is 4.37. The molecule has 0 bridgehead atoms. The maximum absolute atomic E-state index is 12.4. The molecule has 3 aromatic rings. The number of pyridine rings is 1. The number of H-pyrrole nitrogens is 1. The second kappa shape index (κ2) is 8.38. The summed E-state index contributed by atoms with van der Waals surface area (Å²) >= 11 is 0. The third-order valence-electron chi connectivity index (χ3n) is 5.28. The molecular weight excluding hydrogens is 350 g/mol. The van der Waals surface area contributed by atoms with Crippen molar-refractivity contribution in [3.05, 3.63) is 64.4 Å². The third-order valence-corrected chi connectivity index (χ3v) is 5.28. The zero-order chi connectivity index (χ0) is 19.3. The molecule has 2 aromatic carbocycles. The van der Waals surface area contributed by atoms with Gasteiger partial charge in [-0.15, -0.1) is 0 Å². The Kier molecular flexibility index (Phi) is 5.51. The fourth-order valence-corrected chi connectivity index (χ4v) is 3.75. The first-order valence-electron chi connectivity index (χ1n) is 10.1. The lowest BCUT2D eigenvalue weighted by Crippen LogP contribution is -2.29. The lowest BCUT2D eigenvalue weighted by atomic mass is 10.1. The maximum Gasteiger partial charge on any atom is 0.253 e. The van der Waals surface area contributed by atoms with Crippen molar-refractivity contribution < 1.29 is 4.74 Å². The average Bonchev–Trinajstić information content (AvgIpc) is 2.73. The van der Waals surface area contributed by atoms with Crippen molar-refractivity contribution in [3.8, 4) is 5.75 Å². The van der Waals surface area contributed by atoms with Gasteiger partial charge in [0, 0.05) is 42.6 Å². The van der Waals surface area contributed by atoms with Gasteiger partial charge >= 0.3 is 0 Å². The van der Waals surface area contributed by atoms with E-state index < -0.39 is 0 Å². The van der Waals surface area contributed by atoms with Crippen molar-refractivity contribution in [2.45, 2.75) is 32.7 Å². The SMILES string of the molecule is CCOc1ccc2cc(CNc3ccc(N4CCCCC4)cc3)c(=O)[nH]c2c1. The third kappa shape index (κ3) is 4.14. The number of nitrogens with one attached hydrogen (secondary N) is 2. The van der Waals surface area contributed by atoms with Crippen LogP contribution in [-0.2, 0) is 6.54 Å². The number of piperidine rings is 1. The molecule has 0 atom stereocenters. The number of benzene rings is 2. The number of nitrogens with zero attached hydrogens (tertiary/aromatic N) is 1. The van der Waals surface area contributed by atoms with Crippen LogP contribution in [-0.4, -0.2) is 24.7 Å². The standard InChI is InChI=1S/C23H27N3O2/c1-2-28-21-11-6-17-14-18(23(27)25-22(17)15-21)16-24-19-7-9-20(10-8-19)26-12-4-3-5-13-26/h6-11,14-15,24H,2-5,12-13,16H2,1H3,(H,25,27). The van der Waals surface area contributed by atoms with Crippen LogP contribution in [0.1, 0.15) is 31.7 Å².